The summed E-state index contributed by atoms with van der Waals surface area (Å²) < 4.78 is 5.22. The first kappa shape index (κ1) is 9.42. The van der Waals surface area contributed by atoms with E-state index >= 15 is 0 Å². The standard InChI is InChI=1S/C9H13NOS/c1-6-3-4-8(12)7(5-10)9(6)11-2/h3-4,12H,5,10H2,1-2H3. The number of benzene rings is 1. The largest absolute Gasteiger partial charge is 0.496 e. The number of ether oxygens (including phenoxy) is 1. The number of rotatable bonds is 2. The maximum absolute atomic E-state index is 5.57. The molecule has 0 radical (unpaired) electrons. The van der Waals surface area contributed by atoms with Gasteiger partial charge in [0, 0.05) is 17.0 Å². The molecule has 0 bridgehead atoms. The molecule has 0 unspecified atom stereocenters. The SMILES string of the molecule is COc1c(C)ccc(S)c1CN. The summed E-state index contributed by atoms with van der Waals surface area (Å²) in [7, 11) is 1.65. The second-order valence-electron chi connectivity index (χ2n) is 2.62. The van der Waals surface area contributed by atoms with Crippen LogP contribution in [0.4, 0.5) is 0 Å². The van der Waals surface area contributed by atoms with E-state index in [4.69, 9.17) is 10.5 Å². The minimum absolute atomic E-state index is 0.462. The summed E-state index contributed by atoms with van der Waals surface area (Å²) in [6.07, 6.45) is 0. The zero-order chi connectivity index (χ0) is 9.14. The van der Waals surface area contributed by atoms with Gasteiger partial charge in [-0.15, -0.1) is 12.6 Å². The molecular weight excluding hydrogens is 170 g/mol. The predicted molar refractivity (Wildman–Crippen MR) is 52.9 cm³/mol. The van der Waals surface area contributed by atoms with E-state index in [1.54, 1.807) is 7.11 Å². The highest BCUT2D eigenvalue weighted by Gasteiger charge is 2.07. The molecule has 66 valence electrons. The highest BCUT2D eigenvalue weighted by molar-refractivity contribution is 7.80. The topological polar surface area (TPSA) is 35.2 Å². The van der Waals surface area contributed by atoms with E-state index in [2.05, 4.69) is 12.6 Å². The molecule has 1 aromatic carbocycles. The lowest BCUT2D eigenvalue weighted by Crippen LogP contribution is -2.02. The van der Waals surface area contributed by atoms with Gasteiger partial charge >= 0.3 is 0 Å². The third-order valence-electron chi connectivity index (χ3n) is 1.84. The van der Waals surface area contributed by atoms with E-state index in [-0.39, 0.29) is 0 Å². The van der Waals surface area contributed by atoms with Crippen molar-refractivity contribution in [2.24, 2.45) is 5.73 Å². The van der Waals surface area contributed by atoms with E-state index in [1.807, 2.05) is 19.1 Å². The maximum Gasteiger partial charge on any atom is 0.127 e. The van der Waals surface area contributed by atoms with Crippen molar-refractivity contribution in [1.82, 2.24) is 0 Å². The molecule has 12 heavy (non-hydrogen) atoms. The zero-order valence-electron chi connectivity index (χ0n) is 7.29. The third-order valence-corrected chi connectivity index (χ3v) is 2.26. The number of nitrogens with two attached hydrogens (primary N) is 1. The van der Waals surface area contributed by atoms with Crippen molar-refractivity contribution in [2.75, 3.05) is 7.11 Å². The van der Waals surface area contributed by atoms with Crippen LogP contribution in [0.25, 0.3) is 0 Å². The Bertz CT molecular complexity index is 257. The van der Waals surface area contributed by atoms with E-state index in [9.17, 15) is 0 Å². The molecule has 0 amide bonds. The molecule has 3 heteroatoms. The van der Waals surface area contributed by atoms with Gasteiger partial charge in [0.25, 0.3) is 0 Å². The molecule has 1 rings (SSSR count). The Morgan fingerprint density at radius 2 is 2.17 bits per heavy atom. The summed E-state index contributed by atoms with van der Waals surface area (Å²) in [6.45, 7) is 2.45. The smallest absolute Gasteiger partial charge is 0.127 e. The predicted octanol–water partition coefficient (Wildman–Crippen LogP) is 1.75. The van der Waals surface area contributed by atoms with E-state index in [0.29, 0.717) is 6.54 Å². The van der Waals surface area contributed by atoms with Crippen LogP contribution in [-0.2, 0) is 6.54 Å². The maximum atomic E-state index is 5.57. The minimum atomic E-state index is 0.462. The Morgan fingerprint density at radius 3 is 2.58 bits per heavy atom. The first-order valence-electron chi connectivity index (χ1n) is 3.76. The Hall–Kier alpha value is -0.670. The Kier molecular flexibility index (Phi) is 3.00. The number of thiol groups is 1. The fourth-order valence-corrected chi connectivity index (χ4v) is 1.48. The van der Waals surface area contributed by atoms with Crippen LogP contribution < -0.4 is 10.5 Å². The van der Waals surface area contributed by atoms with Crippen LogP contribution in [-0.4, -0.2) is 7.11 Å². The Labute approximate surface area is 78.1 Å². The van der Waals surface area contributed by atoms with Gasteiger partial charge in [-0.1, -0.05) is 6.07 Å². The van der Waals surface area contributed by atoms with Gasteiger partial charge in [0.05, 0.1) is 7.11 Å². The van der Waals surface area contributed by atoms with Gasteiger partial charge in [-0.2, -0.15) is 0 Å². The first-order chi connectivity index (χ1) is 5.70. The minimum Gasteiger partial charge on any atom is -0.496 e. The molecule has 0 spiro atoms. The van der Waals surface area contributed by atoms with Gasteiger partial charge < -0.3 is 10.5 Å². The van der Waals surface area contributed by atoms with Crippen molar-refractivity contribution in [2.45, 2.75) is 18.4 Å². The summed E-state index contributed by atoms with van der Waals surface area (Å²) in [6, 6.07) is 3.91. The average Bonchev–Trinajstić information content (AvgIpc) is 2.08. The summed E-state index contributed by atoms with van der Waals surface area (Å²) in [4.78, 5) is 0.889. The third kappa shape index (κ3) is 1.57. The molecule has 2 N–H and O–H groups in total. The second kappa shape index (κ2) is 3.83. The molecular formula is C9H13NOS. The molecule has 0 heterocycles. The lowest BCUT2D eigenvalue weighted by molar-refractivity contribution is 0.405. The van der Waals surface area contributed by atoms with Crippen molar-refractivity contribution in [1.29, 1.82) is 0 Å². The fourth-order valence-electron chi connectivity index (χ4n) is 1.22. The summed E-state index contributed by atoms with van der Waals surface area (Å²) in [5.74, 6) is 0.852. The van der Waals surface area contributed by atoms with Crippen molar-refractivity contribution in [3.63, 3.8) is 0 Å². The summed E-state index contributed by atoms with van der Waals surface area (Å²) >= 11 is 4.29. The van der Waals surface area contributed by atoms with Crippen molar-refractivity contribution in [3.8, 4) is 5.75 Å². The molecule has 0 atom stereocenters. The van der Waals surface area contributed by atoms with Gasteiger partial charge in [0.15, 0.2) is 0 Å². The lowest BCUT2D eigenvalue weighted by atomic mass is 10.1. The van der Waals surface area contributed by atoms with Crippen LogP contribution in [0.15, 0.2) is 17.0 Å². The molecule has 0 aromatic heterocycles. The number of aryl methyl sites for hydroxylation is 1. The van der Waals surface area contributed by atoms with Gasteiger partial charge in [0.2, 0.25) is 0 Å². The van der Waals surface area contributed by atoms with Crippen LogP contribution in [0.5, 0.6) is 5.75 Å². The van der Waals surface area contributed by atoms with Crippen molar-refractivity contribution in [3.05, 3.63) is 23.3 Å². The monoisotopic (exact) mass is 183 g/mol. The average molecular weight is 183 g/mol. The zero-order valence-corrected chi connectivity index (χ0v) is 8.19. The van der Waals surface area contributed by atoms with Crippen LogP contribution in [0.2, 0.25) is 0 Å². The Morgan fingerprint density at radius 1 is 1.50 bits per heavy atom. The summed E-state index contributed by atoms with van der Waals surface area (Å²) in [5, 5.41) is 0. The van der Waals surface area contributed by atoms with Crippen LogP contribution >= 0.6 is 12.6 Å². The quantitative estimate of drug-likeness (QED) is 0.685. The number of hydrogen-bond acceptors (Lipinski definition) is 3. The molecule has 2 nitrogen and oxygen atoms in total. The van der Waals surface area contributed by atoms with Gasteiger partial charge in [-0.25, -0.2) is 0 Å². The highest BCUT2D eigenvalue weighted by Crippen LogP contribution is 2.28. The highest BCUT2D eigenvalue weighted by atomic mass is 32.1. The molecule has 0 saturated heterocycles. The number of hydrogen-bond donors (Lipinski definition) is 2. The van der Waals surface area contributed by atoms with E-state index < -0.39 is 0 Å². The van der Waals surface area contributed by atoms with Gasteiger partial charge in [-0.05, 0) is 18.6 Å². The normalized spacial score (nSPS) is 10.0. The first-order valence-corrected chi connectivity index (χ1v) is 4.21. The van der Waals surface area contributed by atoms with E-state index in [0.717, 1.165) is 21.8 Å². The fraction of sp³-hybridized carbons (Fsp3) is 0.333. The van der Waals surface area contributed by atoms with Crippen molar-refractivity contribution < 1.29 is 4.74 Å². The van der Waals surface area contributed by atoms with Crippen LogP contribution in [0.3, 0.4) is 0 Å². The number of methoxy groups -OCH3 is 1. The molecule has 1 aromatic rings. The van der Waals surface area contributed by atoms with E-state index in [1.165, 1.54) is 0 Å². The molecule has 0 aliphatic heterocycles. The molecule has 0 fully saturated rings. The van der Waals surface area contributed by atoms with Gasteiger partial charge in [0.1, 0.15) is 5.75 Å². The van der Waals surface area contributed by atoms with Crippen LogP contribution in [0.1, 0.15) is 11.1 Å². The van der Waals surface area contributed by atoms with Gasteiger partial charge in [-0.3, -0.25) is 0 Å². The molecule has 0 aliphatic rings. The summed E-state index contributed by atoms with van der Waals surface area (Å²) in [5.41, 5.74) is 7.63. The Balaban J connectivity index is 3.28. The molecule has 0 aliphatic carbocycles. The second-order valence-corrected chi connectivity index (χ2v) is 3.10. The van der Waals surface area contributed by atoms with Crippen molar-refractivity contribution >= 4 is 12.6 Å². The lowest BCUT2D eigenvalue weighted by Gasteiger charge is -2.11. The molecule has 0 saturated carbocycles. The van der Waals surface area contributed by atoms with Crippen LogP contribution in [0, 0.1) is 6.92 Å².